The molecule has 2 atom stereocenters. The minimum Gasteiger partial charge on any atom is -0.481 e. The van der Waals surface area contributed by atoms with Gasteiger partial charge in [0.15, 0.2) is 0 Å². The number of benzene rings is 1. The number of carboxylic acids is 1. The highest BCUT2D eigenvalue weighted by Crippen LogP contribution is 2.24. The Morgan fingerprint density at radius 2 is 1.86 bits per heavy atom. The van der Waals surface area contributed by atoms with Crippen LogP contribution >= 0.6 is 0 Å². The van der Waals surface area contributed by atoms with E-state index in [0.717, 1.165) is 24.8 Å². The first-order valence-electron chi connectivity index (χ1n) is 7.37. The third kappa shape index (κ3) is 4.77. The summed E-state index contributed by atoms with van der Waals surface area (Å²) in [6, 6.07) is 9.06. The van der Waals surface area contributed by atoms with Crippen molar-refractivity contribution >= 4 is 12.1 Å². The summed E-state index contributed by atoms with van der Waals surface area (Å²) in [7, 11) is 0. The maximum atomic E-state index is 11.8. The summed E-state index contributed by atoms with van der Waals surface area (Å²) in [6.45, 7) is 0.192. The lowest BCUT2D eigenvalue weighted by Gasteiger charge is -2.22. The van der Waals surface area contributed by atoms with Gasteiger partial charge in [-0.1, -0.05) is 49.6 Å². The molecule has 2 N–H and O–H groups in total. The van der Waals surface area contributed by atoms with Crippen molar-refractivity contribution in [2.45, 2.75) is 44.8 Å². The summed E-state index contributed by atoms with van der Waals surface area (Å²) < 4.78 is 5.16. The van der Waals surface area contributed by atoms with E-state index in [9.17, 15) is 14.7 Å². The number of rotatable bonds is 4. The predicted octanol–water partition coefficient (Wildman–Crippen LogP) is 2.95. The lowest BCUT2D eigenvalue weighted by atomic mass is 9.95. The van der Waals surface area contributed by atoms with Crippen LogP contribution in [0.15, 0.2) is 30.3 Å². The number of carbonyl (C=O) groups is 2. The van der Waals surface area contributed by atoms with Crippen LogP contribution in [0.4, 0.5) is 4.79 Å². The average molecular weight is 291 g/mol. The van der Waals surface area contributed by atoms with Crippen LogP contribution in [-0.4, -0.2) is 23.2 Å². The molecule has 1 aliphatic carbocycles. The average Bonchev–Trinajstić information content (AvgIpc) is 2.72. The van der Waals surface area contributed by atoms with Crippen molar-refractivity contribution in [2.75, 3.05) is 0 Å². The molecule has 0 heterocycles. The van der Waals surface area contributed by atoms with Gasteiger partial charge in [0, 0.05) is 6.04 Å². The van der Waals surface area contributed by atoms with Crippen molar-refractivity contribution in [1.29, 1.82) is 0 Å². The minimum atomic E-state index is -0.842. The molecule has 5 heteroatoms. The SMILES string of the molecule is O=C(N[C@@H]1CCCCC[C@@H]1C(=O)O)OCc1ccccc1. The molecule has 0 saturated heterocycles. The van der Waals surface area contributed by atoms with Gasteiger partial charge >= 0.3 is 12.1 Å². The number of aliphatic carboxylic acids is 1. The first-order valence-corrected chi connectivity index (χ1v) is 7.37. The molecule has 5 nitrogen and oxygen atoms in total. The molecular formula is C16H21NO4. The summed E-state index contributed by atoms with van der Waals surface area (Å²) in [5.74, 6) is -1.36. The van der Waals surface area contributed by atoms with E-state index in [1.165, 1.54) is 0 Å². The van der Waals surface area contributed by atoms with E-state index in [1.807, 2.05) is 30.3 Å². The molecule has 1 saturated carbocycles. The van der Waals surface area contributed by atoms with Crippen LogP contribution in [0.2, 0.25) is 0 Å². The fourth-order valence-corrected chi connectivity index (χ4v) is 2.69. The maximum Gasteiger partial charge on any atom is 0.407 e. The summed E-state index contributed by atoms with van der Waals surface area (Å²) in [4.78, 5) is 23.1. The first-order chi connectivity index (χ1) is 10.2. The Morgan fingerprint density at radius 1 is 1.14 bits per heavy atom. The molecule has 0 radical (unpaired) electrons. The molecule has 1 aromatic carbocycles. The van der Waals surface area contributed by atoms with Gasteiger partial charge in [0.2, 0.25) is 0 Å². The van der Waals surface area contributed by atoms with E-state index in [-0.39, 0.29) is 12.6 Å². The van der Waals surface area contributed by atoms with E-state index in [0.29, 0.717) is 12.8 Å². The molecule has 0 bridgehead atoms. The van der Waals surface area contributed by atoms with Crippen molar-refractivity contribution in [1.82, 2.24) is 5.32 Å². The number of nitrogens with one attached hydrogen (secondary N) is 1. The standard InChI is InChI=1S/C16H21NO4/c18-15(19)13-9-5-2-6-10-14(13)17-16(20)21-11-12-7-3-1-4-8-12/h1,3-4,7-8,13-14H,2,5-6,9-11H2,(H,17,20)(H,18,19)/t13-,14+/m0/s1. The van der Waals surface area contributed by atoms with E-state index < -0.39 is 18.0 Å². The number of carboxylic acid groups (broad SMARTS) is 1. The van der Waals surface area contributed by atoms with Gasteiger partial charge in [0.25, 0.3) is 0 Å². The largest absolute Gasteiger partial charge is 0.481 e. The van der Waals surface area contributed by atoms with Crippen molar-refractivity contribution in [3.63, 3.8) is 0 Å². The highest BCUT2D eigenvalue weighted by Gasteiger charge is 2.30. The second-order valence-electron chi connectivity index (χ2n) is 5.40. The Morgan fingerprint density at radius 3 is 2.57 bits per heavy atom. The summed E-state index contributed by atoms with van der Waals surface area (Å²) in [5, 5.41) is 12.0. The summed E-state index contributed by atoms with van der Waals surface area (Å²) in [6.07, 6.45) is 3.61. The lowest BCUT2D eigenvalue weighted by molar-refractivity contribution is -0.142. The Balaban J connectivity index is 1.86. The first kappa shape index (κ1) is 15.4. The highest BCUT2D eigenvalue weighted by molar-refractivity contribution is 5.73. The van der Waals surface area contributed by atoms with Crippen molar-refractivity contribution < 1.29 is 19.4 Å². The third-order valence-electron chi connectivity index (χ3n) is 3.85. The zero-order chi connectivity index (χ0) is 15.1. The van der Waals surface area contributed by atoms with Crippen molar-refractivity contribution in [3.05, 3.63) is 35.9 Å². The molecule has 21 heavy (non-hydrogen) atoms. The quantitative estimate of drug-likeness (QED) is 0.836. The third-order valence-corrected chi connectivity index (χ3v) is 3.85. The minimum absolute atomic E-state index is 0.192. The van der Waals surface area contributed by atoms with E-state index in [4.69, 9.17) is 4.74 Å². The number of carbonyl (C=O) groups excluding carboxylic acids is 1. The van der Waals surface area contributed by atoms with E-state index in [2.05, 4.69) is 5.32 Å². The van der Waals surface area contributed by atoms with Crippen LogP contribution in [-0.2, 0) is 16.1 Å². The predicted molar refractivity (Wildman–Crippen MR) is 77.8 cm³/mol. The normalized spacial score (nSPS) is 22.1. The topological polar surface area (TPSA) is 75.6 Å². The van der Waals surface area contributed by atoms with Crippen LogP contribution < -0.4 is 5.32 Å². The van der Waals surface area contributed by atoms with Gasteiger partial charge in [-0.3, -0.25) is 4.79 Å². The van der Waals surface area contributed by atoms with Crippen molar-refractivity contribution in [2.24, 2.45) is 5.92 Å². The zero-order valence-corrected chi connectivity index (χ0v) is 12.0. The second kappa shape index (κ2) is 7.67. The molecule has 1 amide bonds. The molecule has 0 spiro atoms. The zero-order valence-electron chi connectivity index (χ0n) is 12.0. The molecule has 1 fully saturated rings. The van der Waals surface area contributed by atoms with E-state index >= 15 is 0 Å². The van der Waals surface area contributed by atoms with Crippen LogP contribution in [0.3, 0.4) is 0 Å². The van der Waals surface area contributed by atoms with E-state index in [1.54, 1.807) is 0 Å². The second-order valence-corrected chi connectivity index (χ2v) is 5.40. The number of hydrogen-bond donors (Lipinski definition) is 2. The van der Waals surface area contributed by atoms with Gasteiger partial charge in [-0.25, -0.2) is 4.79 Å². The fourth-order valence-electron chi connectivity index (χ4n) is 2.69. The number of alkyl carbamates (subject to hydrolysis) is 1. The molecule has 2 rings (SSSR count). The Labute approximate surface area is 124 Å². The monoisotopic (exact) mass is 291 g/mol. The summed E-state index contributed by atoms with van der Waals surface area (Å²) >= 11 is 0. The van der Waals surface area contributed by atoms with Gasteiger partial charge in [0.05, 0.1) is 5.92 Å². The molecular weight excluding hydrogens is 270 g/mol. The Bertz CT molecular complexity index is 474. The van der Waals surface area contributed by atoms with Crippen LogP contribution in [0, 0.1) is 5.92 Å². The van der Waals surface area contributed by atoms with Gasteiger partial charge < -0.3 is 15.2 Å². The maximum absolute atomic E-state index is 11.8. The number of ether oxygens (including phenoxy) is 1. The van der Waals surface area contributed by atoms with Crippen LogP contribution in [0.25, 0.3) is 0 Å². The van der Waals surface area contributed by atoms with Crippen molar-refractivity contribution in [3.8, 4) is 0 Å². The Hall–Kier alpha value is -2.04. The fraction of sp³-hybridized carbons (Fsp3) is 0.500. The molecule has 1 aliphatic rings. The Kier molecular flexibility index (Phi) is 5.60. The van der Waals surface area contributed by atoms with Gasteiger partial charge in [0.1, 0.15) is 6.61 Å². The summed E-state index contributed by atoms with van der Waals surface area (Å²) in [5.41, 5.74) is 0.906. The van der Waals surface area contributed by atoms with Crippen LogP contribution in [0.5, 0.6) is 0 Å². The number of hydrogen-bond acceptors (Lipinski definition) is 3. The molecule has 114 valence electrons. The van der Waals surface area contributed by atoms with Gasteiger partial charge in [-0.2, -0.15) is 0 Å². The molecule has 0 unspecified atom stereocenters. The van der Waals surface area contributed by atoms with Gasteiger partial charge in [-0.15, -0.1) is 0 Å². The number of amides is 1. The molecule has 1 aromatic rings. The highest BCUT2D eigenvalue weighted by atomic mass is 16.5. The smallest absolute Gasteiger partial charge is 0.407 e. The van der Waals surface area contributed by atoms with Crippen LogP contribution in [0.1, 0.15) is 37.7 Å². The molecule has 0 aromatic heterocycles. The lowest BCUT2D eigenvalue weighted by Crippen LogP contribution is -2.43. The molecule has 0 aliphatic heterocycles. The van der Waals surface area contributed by atoms with Gasteiger partial charge in [-0.05, 0) is 18.4 Å².